The van der Waals surface area contributed by atoms with Crippen LogP contribution < -0.4 is 5.32 Å². The molecule has 0 unspecified atom stereocenters. The maximum Gasteiger partial charge on any atom is 0.410 e. The number of hydrogen-bond donors (Lipinski definition) is 1. The van der Waals surface area contributed by atoms with Crippen LogP contribution in [0.5, 0.6) is 0 Å². The zero-order chi connectivity index (χ0) is 19.3. The molecule has 7 nitrogen and oxygen atoms in total. The van der Waals surface area contributed by atoms with Crippen molar-refractivity contribution in [1.82, 2.24) is 10.2 Å². The van der Waals surface area contributed by atoms with Crippen LogP contribution in [0.25, 0.3) is 0 Å². The van der Waals surface area contributed by atoms with Gasteiger partial charge in [-0.25, -0.2) is 9.59 Å². The first-order valence-electron chi connectivity index (χ1n) is 8.59. The van der Waals surface area contributed by atoms with Gasteiger partial charge in [-0.3, -0.25) is 0 Å². The Bertz CT molecular complexity index is 491. The Morgan fingerprint density at radius 3 is 2.24 bits per heavy atom. The fourth-order valence-corrected chi connectivity index (χ4v) is 2.58. The number of ether oxygens (including phenoxy) is 3. The fraction of sp³-hybridized carbons (Fsp3) is 0.778. The predicted molar refractivity (Wildman–Crippen MR) is 95.2 cm³/mol. The summed E-state index contributed by atoms with van der Waals surface area (Å²) in [4.78, 5) is 25.9. The summed E-state index contributed by atoms with van der Waals surface area (Å²) < 4.78 is 15.7. The van der Waals surface area contributed by atoms with Crippen LogP contribution in [0.1, 0.15) is 48.0 Å². The molecule has 0 aromatic rings. The highest BCUT2D eigenvalue weighted by Crippen LogP contribution is 2.27. The number of nitrogens with zero attached hydrogens (tertiary/aromatic N) is 1. The molecule has 1 fully saturated rings. The maximum absolute atomic E-state index is 12.4. The van der Waals surface area contributed by atoms with Gasteiger partial charge in [-0.1, -0.05) is 0 Å². The highest BCUT2D eigenvalue weighted by Gasteiger charge is 2.38. The van der Waals surface area contributed by atoms with Gasteiger partial charge in [0.15, 0.2) is 0 Å². The van der Waals surface area contributed by atoms with Gasteiger partial charge in [0.1, 0.15) is 11.2 Å². The van der Waals surface area contributed by atoms with Gasteiger partial charge in [-0.2, -0.15) is 0 Å². The van der Waals surface area contributed by atoms with Crippen molar-refractivity contribution in [2.45, 2.75) is 65.2 Å². The van der Waals surface area contributed by atoms with E-state index >= 15 is 0 Å². The standard InChI is InChI=1S/C18H32N2O5/c1-17(2,3)24-15(21)19-12-13-8-10-20(14(13)9-11-23-7)16(22)25-18(4,5)6/h9,11,13-14H,8,10,12H2,1-7H3,(H,19,21)/t13-,14-/m0/s1. The van der Waals surface area contributed by atoms with E-state index in [1.165, 1.54) is 0 Å². The monoisotopic (exact) mass is 356 g/mol. The first-order valence-corrected chi connectivity index (χ1v) is 8.59. The molecule has 2 atom stereocenters. The van der Waals surface area contributed by atoms with Crippen molar-refractivity contribution >= 4 is 12.2 Å². The first kappa shape index (κ1) is 21.1. The molecular formula is C18H32N2O5. The van der Waals surface area contributed by atoms with Crippen molar-refractivity contribution in [3.05, 3.63) is 12.3 Å². The summed E-state index contributed by atoms with van der Waals surface area (Å²) in [6.07, 6.45) is 3.30. The summed E-state index contributed by atoms with van der Waals surface area (Å²) in [7, 11) is 1.55. The SMILES string of the molecule is COC=C[C@H]1[C@H](CNC(=O)OC(C)(C)C)CCN1C(=O)OC(C)(C)C. The molecule has 144 valence electrons. The van der Waals surface area contributed by atoms with Crippen LogP contribution in [0.15, 0.2) is 12.3 Å². The summed E-state index contributed by atoms with van der Waals surface area (Å²) in [6, 6.07) is -0.204. The van der Waals surface area contributed by atoms with E-state index < -0.39 is 17.3 Å². The van der Waals surface area contributed by atoms with Crippen molar-refractivity contribution in [3.63, 3.8) is 0 Å². The Morgan fingerprint density at radius 2 is 1.72 bits per heavy atom. The second-order valence-corrected chi connectivity index (χ2v) is 8.16. The van der Waals surface area contributed by atoms with Gasteiger partial charge in [0.25, 0.3) is 0 Å². The Labute approximate surface area is 150 Å². The third-order valence-corrected chi connectivity index (χ3v) is 3.53. The van der Waals surface area contributed by atoms with Crippen LogP contribution in [0.4, 0.5) is 9.59 Å². The van der Waals surface area contributed by atoms with Crippen molar-refractivity contribution in [1.29, 1.82) is 0 Å². The van der Waals surface area contributed by atoms with Gasteiger partial charge >= 0.3 is 12.2 Å². The second-order valence-electron chi connectivity index (χ2n) is 8.16. The van der Waals surface area contributed by atoms with Crippen LogP contribution >= 0.6 is 0 Å². The number of nitrogens with one attached hydrogen (secondary N) is 1. The predicted octanol–water partition coefficient (Wildman–Crippen LogP) is 3.30. The Morgan fingerprint density at radius 1 is 1.12 bits per heavy atom. The number of rotatable bonds is 4. The van der Waals surface area contributed by atoms with Crippen LogP contribution in [0.2, 0.25) is 0 Å². The molecule has 25 heavy (non-hydrogen) atoms. The van der Waals surface area contributed by atoms with E-state index in [0.717, 1.165) is 6.42 Å². The van der Waals surface area contributed by atoms with Gasteiger partial charge in [0, 0.05) is 19.0 Å². The Balaban J connectivity index is 2.72. The van der Waals surface area contributed by atoms with E-state index in [4.69, 9.17) is 14.2 Å². The molecule has 1 N–H and O–H groups in total. The van der Waals surface area contributed by atoms with Crippen LogP contribution in [0.3, 0.4) is 0 Å². The summed E-state index contributed by atoms with van der Waals surface area (Å²) >= 11 is 0. The Hall–Kier alpha value is -1.92. The van der Waals surface area contributed by atoms with E-state index in [0.29, 0.717) is 13.1 Å². The van der Waals surface area contributed by atoms with Crippen molar-refractivity contribution in [2.24, 2.45) is 5.92 Å². The van der Waals surface area contributed by atoms with Crippen molar-refractivity contribution in [2.75, 3.05) is 20.2 Å². The molecule has 1 aliphatic heterocycles. The quantitative estimate of drug-likeness (QED) is 0.782. The smallest absolute Gasteiger partial charge is 0.410 e. The molecule has 0 aromatic carbocycles. The fourth-order valence-electron chi connectivity index (χ4n) is 2.58. The van der Waals surface area contributed by atoms with E-state index in [9.17, 15) is 9.59 Å². The first-order chi connectivity index (χ1) is 11.4. The minimum Gasteiger partial charge on any atom is -0.505 e. The molecule has 0 spiro atoms. The van der Waals surface area contributed by atoms with E-state index in [1.54, 1.807) is 18.3 Å². The number of methoxy groups -OCH3 is 1. The average molecular weight is 356 g/mol. The number of alkyl carbamates (subject to hydrolysis) is 1. The lowest BCUT2D eigenvalue weighted by molar-refractivity contribution is 0.0241. The molecule has 2 amide bonds. The van der Waals surface area contributed by atoms with Crippen LogP contribution in [-0.4, -0.2) is 54.5 Å². The van der Waals surface area contributed by atoms with Crippen LogP contribution in [-0.2, 0) is 14.2 Å². The molecule has 1 saturated heterocycles. The third kappa shape index (κ3) is 7.67. The number of amides is 2. The average Bonchev–Trinajstić information content (AvgIpc) is 2.82. The van der Waals surface area contributed by atoms with Gasteiger partial charge < -0.3 is 24.4 Å². The lowest BCUT2D eigenvalue weighted by atomic mass is 10.0. The molecule has 1 aliphatic rings. The highest BCUT2D eigenvalue weighted by molar-refractivity contribution is 5.70. The number of carbonyl (C=O) groups is 2. The van der Waals surface area contributed by atoms with Crippen molar-refractivity contribution in [3.8, 4) is 0 Å². The number of carbonyl (C=O) groups excluding carboxylic acids is 2. The van der Waals surface area contributed by atoms with E-state index in [-0.39, 0.29) is 18.1 Å². The van der Waals surface area contributed by atoms with Crippen LogP contribution in [0, 0.1) is 5.92 Å². The minimum atomic E-state index is -0.556. The summed E-state index contributed by atoms with van der Waals surface area (Å²) in [5.41, 5.74) is -1.10. The zero-order valence-electron chi connectivity index (χ0n) is 16.4. The summed E-state index contributed by atoms with van der Waals surface area (Å²) in [5, 5.41) is 2.78. The molecule has 0 saturated carbocycles. The third-order valence-electron chi connectivity index (χ3n) is 3.53. The molecule has 1 heterocycles. The maximum atomic E-state index is 12.4. The Kier molecular flexibility index (Phi) is 7.14. The molecule has 1 rings (SSSR count). The highest BCUT2D eigenvalue weighted by atomic mass is 16.6. The van der Waals surface area contributed by atoms with Gasteiger partial charge in [0.05, 0.1) is 19.4 Å². The molecule has 0 bridgehead atoms. The number of hydrogen-bond acceptors (Lipinski definition) is 5. The molecule has 0 aromatic heterocycles. The molecule has 7 heteroatoms. The number of likely N-dealkylation sites (tertiary alicyclic amines) is 1. The van der Waals surface area contributed by atoms with Gasteiger partial charge in [0.2, 0.25) is 0 Å². The van der Waals surface area contributed by atoms with E-state index in [2.05, 4.69) is 5.32 Å². The largest absolute Gasteiger partial charge is 0.505 e. The van der Waals surface area contributed by atoms with Crippen molar-refractivity contribution < 1.29 is 23.8 Å². The zero-order valence-corrected chi connectivity index (χ0v) is 16.4. The lowest BCUT2D eigenvalue weighted by Crippen LogP contribution is -2.43. The van der Waals surface area contributed by atoms with Gasteiger partial charge in [-0.05, 0) is 54.0 Å². The topological polar surface area (TPSA) is 77.1 Å². The molecule has 0 radical (unpaired) electrons. The normalized spacial score (nSPS) is 21.3. The summed E-state index contributed by atoms with van der Waals surface area (Å²) in [6.45, 7) is 11.9. The molecular weight excluding hydrogens is 324 g/mol. The van der Waals surface area contributed by atoms with Gasteiger partial charge in [-0.15, -0.1) is 0 Å². The second kappa shape index (κ2) is 8.45. The van der Waals surface area contributed by atoms with E-state index in [1.807, 2.05) is 47.6 Å². The molecule has 0 aliphatic carbocycles. The minimum absolute atomic E-state index is 0.0615. The summed E-state index contributed by atoms with van der Waals surface area (Å²) in [5.74, 6) is 0.0615. The lowest BCUT2D eigenvalue weighted by Gasteiger charge is -2.29.